The minimum atomic E-state index is -0.340. The van der Waals surface area contributed by atoms with Crippen molar-refractivity contribution in [2.24, 2.45) is 0 Å². The second-order valence-electron chi connectivity index (χ2n) is 8.49. The molecule has 0 spiro atoms. The molecule has 32 heavy (non-hydrogen) atoms. The predicted molar refractivity (Wildman–Crippen MR) is 123 cm³/mol. The molecule has 0 radical (unpaired) electrons. The Hall–Kier alpha value is -3.47. The van der Waals surface area contributed by atoms with Crippen LogP contribution < -0.4 is 0 Å². The third kappa shape index (κ3) is 3.91. The summed E-state index contributed by atoms with van der Waals surface area (Å²) >= 11 is 0. The van der Waals surface area contributed by atoms with E-state index in [1.807, 2.05) is 18.2 Å². The predicted octanol–water partition coefficient (Wildman–Crippen LogP) is 5.32. The van der Waals surface area contributed by atoms with Gasteiger partial charge < -0.3 is 4.74 Å². The number of methoxy groups -OCH3 is 1. The molecular weight excluding hydrogens is 402 g/mol. The first-order valence-corrected chi connectivity index (χ1v) is 11.0. The van der Waals surface area contributed by atoms with Crippen molar-refractivity contribution in [3.8, 4) is 11.1 Å². The summed E-state index contributed by atoms with van der Waals surface area (Å²) in [5.41, 5.74) is 5.72. The van der Waals surface area contributed by atoms with Gasteiger partial charge in [0.1, 0.15) is 0 Å². The summed E-state index contributed by atoms with van der Waals surface area (Å²) < 4.78 is 5.02. The number of rotatable bonds is 7. The SMILES string of the molecule is COC(=O)c1cc(CCCCN2C(=O)c3ccccc3C2=O)c2cccc(C(C)C)cc1-2. The van der Waals surface area contributed by atoms with Gasteiger partial charge in [-0.1, -0.05) is 50.2 Å². The summed E-state index contributed by atoms with van der Waals surface area (Å²) in [7, 11) is 1.40. The summed E-state index contributed by atoms with van der Waals surface area (Å²) in [5.74, 6) is -0.432. The molecule has 164 valence electrons. The van der Waals surface area contributed by atoms with Crippen molar-refractivity contribution in [2.45, 2.75) is 39.0 Å². The average molecular weight is 430 g/mol. The van der Waals surface area contributed by atoms with Gasteiger partial charge in [0.2, 0.25) is 0 Å². The van der Waals surface area contributed by atoms with Gasteiger partial charge in [0.25, 0.3) is 11.8 Å². The van der Waals surface area contributed by atoms with Crippen molar-refractivity contribution >= 4 is 17.8 Å². The van der Waals surface area contributed by atoms with E-state index >= 15 is 0 Å². The highest BCUT2D eigenvalue weighted by atomic mass is 16.5. The fourth-order valence-electron chi connectivity index (χ4n) is 4.34. The molecule has 0 saturated carbocycles. The van der Waals surface area contributed by atoms with Crippen LogP contribution in [-0.2, 0) is 11.2 Å². The lowest BCUT2D eigenvalue weighted by atomic mass is 10.0. The first-order valence-electron chi connectivity index (χ1n) is 11.0. The Morgan fingerprint density at radius 2 is 1.53 bits per heavy atom. The van der Waals surface area contributed by atoms with Crippen LogP contribution in [0.15, 0.2) is 54.6 Å². The molecule has 1 aromatic carbocycles. The van der Waals surface area contributed by atoms with Gasteiger partial charge in [0.05, 0.1) is 23.8 Å². The van der Waals surface area contributed by atoms with Crippen LogP contribution in [0.25, 0.3) is 11.1 Å². The second kappa shape index (κ2) is 8.95. The van der Waals surface area contributed by atoms with Crippen LogP contribution in [0.5, 0.6) is 0 Å². The molecule has 0 atom stereocenters. The Kier molecular flexibility index (Phi) is 6.08. The molecule has 4 rings (SSSR count). The van der Waals surface area contributed by atoms with E-state index in [1.165, 1.54) is 12.0 Å². The Labute approximate surface area is 188 Å². The highest BCUT2D eigenvalue weighted by molar-refractivity contribution is 6.21. The van der Waals surface area contributed by atoms with Crippen LogP contribution in [0, 0.1) is 0 Å². The van der Waals surface area contributed by atoms with Gasteiger partial charge in [-0.2, -0.15) is 0 Å². The number of imide groups is 1. The topological polar surface area (TPSA) is 63.7 Å². The molecule has 1 aromatic rings. The number of nitrogens with zero attached hydrogens (tertiary/aromatic N) is 1. The maximum absolute atomic E-state index is 12.5. The molecule has 5 heteroatoms. The molecule has 1 aliphatic heterocycles. The van der Waals surface area contributed by atoms with E-state index in [2.05, 4.69) is 26.0 Å². The number of aryl methyl sites for hydroxylation is 1. The number of benzene rings is 1. The van der Waals surface area contributed by atoms with E-state index < -0.39 is 0 Å². The first kappa shape index (κ1) is 21.8. The van der Waals surface area contributed by atoms with Crippen molar-refractivity contribution in [3.05, 3.63) is 82.4 Å². The van der Waals surface area contributed by atoms with Gasteiger partial charge >= 0.3 is 5.97 Å². The molecule has 0 unspecified atom stereocenters. The minimum absolute atomic E-state index is 0.217. The molecule has 0 bridgehead atoms. The smallest absolute Gasteiger partial charge is 0.338 e. The van der Waals surface area contributed by atoms with E-state index in [4.69, 9.17) is 4.74 Å². The number of carbonyl (C=O) groups is 3. The zero-order valence-electron chi connectivity index (χ0n) is 18.7. The number of unbranched alkanes of at least 4 members (excludes halogenated alkanes) is 1. The van der Waals surface area contributed by atoms with Crippen LogP contribution >= 0.6 is 0 Å². The van der Waals surface area contributed by atoms with E-state index in [1.54, 1.807) is 24.3 Å². The maximum atomic E-state index is 12.5. The molecule has 0 aromatic heterocycles. The monoisotopic (exact) mass is 429 g/mol. The minimum Gasteiger partial charge on any atom is -0.465 e. The van der Waals surface area contributed by atoms with Gasteiger partial charge in [0, 0.05) is 6.54 Å². The second-order valence-corrected chi connectivity index (χ2v) is 8.49. The third-order valence-corrected chi connectivity index (χ3v) is 6.14. The summed E-state index contributed by atoms with van der Waals surface area (Å²) in [6.45, 7) is 4.64. The normalized spacial score (nSPS) is 13.2. The summed E-state index contributed by atoms with van der Waals surface area (Å²) in [6.07, 6.45) is 2.24. The fourth-order valence-corrected chi connectivity index (χ4v) is 4.34. The first-order chi connectivity index (χ1) is 15.4. The van der Waals surface area contributed by atoms with Crippen LogP contribution in [0.1, 0.15) is 74.8 Å². The molecule has 0 N–H and O–H groups in total. The number of hydrogen-bond acceptors (Lipinski definition) is 4. The Morgan fingerprint density at radius 3 is 2.16 bits per heavy atom. The van der Waals surface area contributed by atoms with Crippen molar-refractivity contribution in [1.29, 1.82) is 0 Å². The quantitative estimate of drug-likeness (QED) is 0.290. The Bertz CT molecular complexity index is 1130. The van der Waals surface area contributed by atoms with Crippen LogP contribution in [0.3, 0.4) is 0 Å². The Morgan fingerprint density at radius 1 is 0.875 bits per heavy atom. The molecule has 1 heterocycles. The van der Waals surface area contributed by atoms with E-state index in [0.717, 1.165) is 35.1 Å². The van der Waals surface area contributed by atoms with E-state index in [-0.39, 0.29) is 17.8 Å². The standard InChI is InChI=1S/C27H27NO4/c1-17(2)18-10-8-13-20-19(16-24(23(20)15-18)27(31)32-3)9-6-7-14-28-25(29)21-11-4-5-12-22(21)26(28)30/h4-5,8,10-13,15-17H,6-7,9,14H2,1-3H3. The average Bonchev–Trinajstić information content (AvgIpc) is 3.13. The highest BCUT2D eigenvalue weighted by Gasteiger charge is 2.34. The third-order valence-electron chi connectivity index (χ3n) is 6.14. The summed E-state index contributed by atoms with van der Waals surface area (Å²) in [5, 5.41) is 0. The maximum Gasteiger partial charge on any atom is 0.338 e. The van der Waals surface area contributed by atoms with Crippen LogP contribution in [-0.4, -0.2) is 36.3 Å². The molecule has 5 nitrogen and oxygen atoms in total. The number of esters is 1. The number of carbonyl (C=O) groups excluding carboxylic acids is 3. The van der Waals surface area contributed by atoms with Crippen molar-refractivity contribution < 1.29 is 19.1 Å². The van der Waals surface area contributed by atoms with Crippen LogP contribution in [0.2, 0.25) is 0 Å². The zero-order valence-corrected chi connectivity index (χ0v) is 18.7. The highest BCUT2D eigenvalue weighted by Crippen LogP contribution is 2.35. The van der Waals surface area contributed by atoms with Gasteiger partial charge in [0.15, 0.2) is 0 Å². The Balaban J connectivity index is 1.48. The van der Waals surface area contributed by atoms with Crippen molar-refractivity contribution in [1.82, 2.24) is 4.90 Å². The molecular formula is C27H27NO4. The van der Waals surface area contributed by atoms with Crippen molar-refractivity contribution in [2.75, 3.05) is 13.7 Å². The molecule has 2 aliphatic carbocycles. The summed E-state index contributed by atoms with van der Waals surface area (Å²) in [4.78, 5) is 38.8. The molecule has 2 amide bonds. The molecule has 0 saturated heterocycles. The molecule has 3 aliphatic rings. The van der Waals surface area contributed by atoms with Gasteiger partial charge in [-0.3, -0.25) is 14.5 Å². The molecule has 0 fully saturated rings. The number of ether oxygens (including phenoxy) is 1. The van der Waals surface area contributed by atoms with Gasteiger partial charge in [-0.15, -0.1) is 0 Å². The van der Waals surface area contributed by atoms with Crippen molar-refractivity contribution in [3.63, 3.8) is 0 Å². The lowest BCUT2D eigenvalue weighted by Gasteiger charge is -2.13. The van der Waals surface area contributed by atoms with E-state index in [0.29, 0.717) is 35.6 Å². The lowest BCUT2D eigenvalue weighted by molar-refractivity contribution is 0.0599. The number of amides is 2. The van der Waals surface area contributed by atoms with Gasteiger partial charge in [-0.25, -0.2) is 4.79 Å². The lowest BCUT2D eigenvalue weighted by Crippen LogP contribution is -2.30. The van der Waals surface area contributed by atoms with Gasteiger partial charge in [-0.05, 0) is 65.6 Å². The summed E-state index contributed by atoms with van der Waals surface area (Å²) in [6, 6.07) is 17.1. The zero-order chi connectivity index (χ0) is 22.8. The van der Waals surface area contributed by atoms with E-state index in [9.17, 15) is 14.4 Å². The largest absolute Gasteiger partial charge is 0.465 e. The fraction of sp³-hybridized carbons (Fsp3) is 0.296. The number of hydrogen-bond donors (Lipinski definition) is 0. The number of fused-ring (bicyclic) bond motifs is 2. The van der Waals surface area contributed by atoms with Crippen LogP contribution in [0.4, 0.5) is 0 Å².